The molecular weight excluding hydrogens is 290 g/mol. The minimum absolute atomic E-state index is 0.116. The number of ether oxygens (including phenoxy) is 1. The Morgan fingerprint density at radius 3 is 2.90 bits per heavy atom. The predicted octanol–water partition coefficient (Wildman–Crippen LogP) is 1.99. The SMILES string of the molecule is O=S1(=O)CCCC1n1c(C2CCCO2)nc2cccnc21. The van der Waals surface area contributed by atoms with Gasteiger partial charge in [0.05, 0.1) is 5.75 Å². The van der Waals surface area contributed by atoms with Gasteiger partial charge in [0, 0.05) is 12.8 Å². The summed E-state index contributed by atoms with van der Waals surface area (Å²) < 4.78 is 32.3. The molecule has 4 heterocycles. The molecule has 2 fully saturated rings. The molecule has 6 nitrogen and oxygen atoms in total. The molecule has 0 radical (unpaired) electrons. The van der Waals surface area contributed by atoms with E-state index in [1.165, 1.54) is 0 Å². The first-order chi connectivity index (χ1) is 10.2. The summed E-state index contributed by atoms with van der Waals surface area (Å²) in [6.07, 6.45) is 4.76. The van der Waals surface area contributed by atoms with E-state index in [2.05, 4.69) is 9.97 Å². The van der Waals surface area contributed by atoms with E-state index in [9.17, 15) is 8.42 Å². The highest BCUT2D eigenvalue weighted by atomic mass is 32.2. The van der Waals surface area contributed by atoms with Crippen LogP contribution in [-0.4, -0.2) is 35.3 Å². The fourth-order valence-electron chi connectivity index (χ4n) is 3.30. The second kappa shape index (κ2) is 4.78. The molecule has 0 spiro atoms. The highest BCUT2D eigenvalue weighted by Gasteiger charge is 2.37. The molecule has 2 aliphatic rings. The summed E-state index contributed by atoms with van der Waals surface area (Å²) >= 11 is 0. The van der Waals surface area contributed by atoms with Crippen LogP contribution in [0.2, 0.25) is 0 Å². The molecule has 4 rings (SSSR count). The van der Waals surface area contributed by atoms with Gasteiger partial charge in [-0.1, -0.05) is 0 Å². The Labute approximate surface area is 123 Å². The van der Waals surface area contributed by atoms with Gasteiger partial charge in [-0.2, -0.15) is 0 Å². The van der Waals surface area contributed by atoms with Gasteiger partial charge in [-0.25, -0.2) is 18.4 Å². The van der Waals surface area contributed by atoms with Crippen molar-refractivity contribution in [2.45, 2.75) is 37.2 Å². The number of rotatable bonds is 2. The molecule has 2 unspecified atom stereocenters. The van der Waals surface area contributed by atoms with E-state index >= 15 is 0 Å². The third-order valence-corrected chi connectivity index (χ3v) is 6.41. The lowest BCUT2D eigenvalue weighted by atomic mass is 10.2. The summed E-state index contributed by atoms with van der Waals surface area (Å²) in [7, 11) is -3.13. The Kier molecular flexibility index (Phi) is 3.00. The van der Waals surface area contributed by atoms with Gasteiger partial charge < -0.3 is 4.74 Å². The fraction of sp³-hybridized carbons (Fsp3) is 0.571. The van der Waals surface area contributed by atoms with Crippen molar-refractivity contribution in [3.63, 3.8) is 0 Å². The van der Waals surface area contributed by atoms with E-state index in [4.69, 9.17) is 4.74 Å². The minimum Gasteiger partial charge on any atom is -0.370 e. The zero-order valence-corrected chi connectivity index (χ0v) is 12.4. The maximum Gasteiger partial charge on any atom is 0.171 e. The third kappa shape index (κ3) is 2.06. The second-order valence-corrected chi connectivity index (χ2v) is 7.93. The maximum atomic E-state index is 12.4. The van der Waals surface area contributed by atoms with E-state index < -0.39 is 15.2 Å². The lowest BCUT2D eigenvalue weighted by molar-refractivity contribution is 0.102. The van der Waals surface area contributed by atoms with Crippen LogP contribution in [0.15, 0.2) is 18.3 Å². The molecular formula is C14H17N3O3S. The number of fused-ring (bicyclic) bond motifs is 1. The summed E-state index contributed by atoms with van der Waals surface area (Å²) in [5.74, 6) is 0.964. The van der Waals surface area contributed by atoms with Crippen molar-refractivity contribution in [3.8, 4) is 0 Å². The summed E-state index contributed by atoms with van der Waals surface area (Å²) in [5.41, 5.74) is 1.39. The van der Waals surface area contributed by atoms with Crippen LogP contribution in [0, 0.1) is 0 Å². The van der Waals surface area contributed by atoms with Crippen molar-refractivity contribution in [1.29, 1.82) is 0 Å². The number of pyridine rings is 1. The predicted molar refractivity (Wildman–Crippen MR) is 77.5 cm³/mol. The first kappa shape index (κ1) is 13.2. The average molecular weight is 307 g/mol. The Bertz CT molecular complexity index is 778. The number of aromatic nitrogens is 3. The van der Waals surface area contributed by atoms with Crippen molar-refractivity contribution in [2.24, 2.45) is 0 Å². The molecule has 0 amide bonds. The van der Waals surface area contributed by atoms with Crippen molar-refractivity contribution in [3.05, 3.63) is 24.2 Å². The molecule has 0 aromatic carbocycles. The molecule has 112 valence electrons. The Hall–Kier alpha value is -1.47. The first-order valence-corrected chi connectivity index (χ1v) is 9.04. The van der Waals surface area contributed by atoms with Crippen LogP contribution >= 0.6 is 0 Å². The van der Waals surface area contributed by atoms with E-state index in [1.807, 2.05) is 16.7 Å². The van der Waals surface area contributed by atoms with Gasteiger partial charge in [0.1, 0.15) is 22.8 Å². The Balaban J connectivity index is 1.94. The monoisotopic (exact) mass is 307 g/mol. The van der Waals surface area contributed by atoms with Gasteiger partial charge in [-0.05, 0) is 37.8 Å². The molecule has 7 heteroatoms. The van der Waals surface area contributed by atoms with Gasteiger partial charge >= 0.3 is 0 Å². The summed E-state index contributed by atoms with van der Waals surface area (Å²) in [5, 5.41) is -0.545. The normalized spacial score (nSPS) is 28.4. The fourth-order valence-corrected chi connectivity index (χ4v) is 5.20. The van der Waals surface area contributed by atoms with Crippen LogP contribution in [0.5, 0.6) is 0 Å². The smallest absolute Gasteiger partial charge is 0.171 e. The van der Waals surface area contributed by atoms with Crippen LogP contribution in [0.3, 0.4) is 0 Å². The number of hydrogen-bond acceptors (Lipinski definition) is 5. The lowest BCUT2D eigenvalue weighted by Gasteiger charge is -2.18. The van der Waals surface area contributed by atoms with Crippen LogP contribution in [-0.2, 0) is 14.6 Å². The Morgan fingerprint density at radius 1 is 1.29 bits per heavy atom. The van der Waals surface area contributed by atoms with Crippen LogP contribution in [0.1, 0.15) is 43.0 Å². The summed E-state index contributed by atoms with van der Waals surface area (Å²) in [6, 6.07) is 3.70. The molecule has 2 aromatic rings. The highest BCUT2D eigenvalue weighted by Crippen LogP contribution is 2.37. The zero-order chi connectivity index (χ0) is 14.4. The number of sulfone groups is 1. The minimum atomic E-state index is -3.13. The zero-order valence-electron chi connectivity index (χ0n) is 11.6. The molecule has 2 aromatic heterocycles. The standard InChI is InChI=1S/C14H17N3O3S/c18-21(19)9-3-6-12(21)17-13-10(4-1-7-15-13)16-14(17)11-5-2-8-20-11/h1,4,7,11-12H,2-3,5-6,8-9H2. The van der Waals surface area contributed by atoms with E-state index in [0.29, 0.717) is 25.1 Å². The van der Waals surface area contributed by atoms with Crippen molar-refractivity contribution >= 4 is 21.0 Å². The largest absolute Gasteiger partial charge is 0.370 e. The van der Waals surface area contributed by atoms with Gasteiger partial charge in [0.25, 0.3) is 0 Å². The van der Waals surface area contributed by atoms with Gasteiger partial charge in [-0.3, -0.25) is 4.57 Å². The van der Waals surface area contributed by atoms with Crippen molar-refractivity contribution in [2.75, 3.05) is 12.4 Å². The molecule has 0 saturated carbocycles. The Morgan fingerprint density at radius 2 is 2.19 bits per heavy atom. The number of nitrogens with zero attached hydrogens (tertiary/aromatic N) is 3. The molecule has 2 atom stereocenters. The average Bonchev–Trinajstić information content (AvgIpc) is 3.15. The molecule has 2 saturated heterocycles. The van der Waals surface area contributed by atoms with E-state index in [-0.39, 0.29) is 11.9 Å². The second-order valence-electron chi connectivity index (χ2n) is 5.65. The molecule has 2 aliphatic heterocycles. The van der Waals surface area contributed by atoms with Crippen LogP contribution in [0.4, 0.5) is 0 Å². The van der Waals surface area contributed by atoms with Crippen molar-refractivity contribution in [1.82, 2.24) is 14.5 Å². The molecule has 0 bridgehead atoms. The van der Waals surface area contributed by atoms with Crippen LogP contribution in [0.25, 0.3) is 11.2 Å². The molecule has 0 aliphatic carbocycles. The summed E-state index contributed by atoms with van der Waals surface area (Å²) in [4.78, 5) is 8.98. The van der Waals surface area contributed by atoms with Crippen LogP contribution < -0.4 is 0 Å². The quantitative estimate of drug-likeness (QED) is 0.848. The summed E-state index contributed by atoms with van der Waals surface area (Å²) in [6.45, 7) is 0.707. The number of hydrogen-bond donors (Lipinski definition) is 0. The van der Waals surface area contributed by atoms with Crippen molar-refractivity contribution < 1.29 is 13.2 Å². The maximum absolute atomic E-state index is 12.4. The molecule has 21 heavy (non-hydrogen) atoms. The van der Waals surface area contributed by atoms with Gasteiger partial charge in [-0.15, -0.1) is 0 Å². The number of imidazole rings is 1. The van der Waals surface area contributed by atoms with Gasteiger partial charge in [0.2, 0.25) is 0 Å². The molecule has 0 N–H and O–H groups in total. The van der Waals surface area contributed by atoms with Gasteiger partial charge in [0.15, 0.2) is 15.5 Å². The van der Waals surface area contributed by atoms with E-state index in [0.717, 1.165) is 24.2 Å². The third-order valence-electron chi connectivity index (χ3n) is 4.28. The highest BCUT2D eigenvalue weighted by molar-refractivity contribution is 7.91. The topological polar surface area (TPSA) is 74.1 Å². The lowest BCUT2D eigenvalue weighted by Crippen LogP contribution is -2.19. The van der Waals surface area contributed by atoms with E-state index in [1.54, 1.807) is 6.20 Å². The first-order valence-electron chi connectivity index (χ1n) is 7.33.